The second-order valence-corrected chi connectivity index (χ2v) is 5.79. The highest BCUT2D eigenvalue weighted by atomic mass is 16.2. The topological polar surface area (TPSA) is 89.8 Å². The molecule has 0 fully saturated rings. The molecule has 24 heavy (non-hydrogen) atoms. The van der Waals surface area contributed by atoms with Gasteiger partial charge in [-0.3, -0.25) is 19.1 Å². The van der Waals surface area contributed by atoms with E-state index < -0.39 is 11.2 Å². The number of Topliss-reactive ketones (excluding diaryl/α,β-unsaturated/α-hetero) is 1. The lowest BCUT2D eigenvalue weighted by Crippen LogP contribution is -2.31. The Labute approximate surface area is 137 Å². The van der Waals surface area contributed by atoms with E-state index in [0.717, 1.165) is 11.1 Å². The summed E-state index contributed by atoms with van der Waals surface area (Å²) < 4.78 is 2.86. The first-order valence-electron chi connectivity index (χ1n) is 7.70. The average molecular weight is 326 g/mol. The first kappa shape index (κ1) is 15.9. The van der Waals surface area contributed by atoms with Gasteiger partial charge in [-0.25, -0.2) is 9.78 Å². The summed E-state index contributed by atoms with van der Waals surface area (Å²) in [5.41, 5.74) is 2.08. The van der Waals surface area contributed by atoms with E-state index in [-0.39, 0.29) is 17.8 Å². The van der Waals surface area contributed by atoms with Crippen LogP contribution in [0.4, 0.5) is 0 Å². The Morgan fingerprint density at radius 3 is 2.67 bits per heavy atom. The zero-order valence-electron chi connectivity index (χ0n) is 13.8. The fourth-order valence-electron chi connectivity index (χ4n) is 2.90. The Morgan fingerprint density at radius 1 is 1.25 bits per heavy atom. The van der Waals surface area contributed by atoms with E-state index in [1.807, 2.05) is 26.0 Å². The van der Waals surface area contributed by atoms with Crippen LogP contribution in [0.25, 0.3) is 11.2 Å². The molecular weight excluding hydrogens is 308 g/mol. The molecule has 7 heteroatoms. The first-order chi connectivity index (χ1) is 11.4. The van der Waals surface area contributed by atoms with E-state index in [9.17, 15) is 14.4 Å². The van der Waals surface area contributed by atoms with E-state index in [1.54, 1.807) is 13.0 Å². The Balaban J connectivity index is 2.06. The number of aryl methyl sites for hydroxylation is 3. The summed E-state index contributed by atoms with van der Waals surface area (Å²) in [6, 6.07) is 5.62. The van der Waals surface area contributed by atoms with E-state index in [1.165, 1.54) is 15.5 Å². The summed E-state index contributed by atoms with van der Waals surface area (Å²) in [6.07, 6.45) is 1.42. The highest BCUT2D eigenvalue weighted by Crippen LogP contribution is 2.14. The zero-order chi connectivity index (χ0) is 17.4. The number of nitrogens with zero attached hydrogens (tertiary/aromatic N) is 3. The fraction of sp³-hybridized carbons (Fsp3) is 0.294. The fourth-order valence-corrected chi connectivity index (χ4v) is 2.90. The number of hydrogen-bond acceptors (Lipinski definition) is 4. The van der Waals surface area contributed by atoms with Crippen molar-refractivity contribution in [1.29, 1.82) is 0 Å². The highest BCUT2D eigenvalue weighted by Gasteiger charge is 2.16. The maximum atomic E-state index is 12.6. The lowest BCUT2D eigenvalue weighted by Gasteiger charge is -2.08. The largest absolute Gasteiger partial charge is 0.330 e. The third kappa shape index (κ3) is 2.58. The number of ketones is 1. The van der Waals surface area contributed by atoms with Gasteiger partial charge in [-0.15, -0.1) is 0 Å². The molecule has 0 unspecified atom stereocenters. The number of imidazole rings is 1. The molecule has 3 rings (SSSR count). The van der Waals surface area contributed by atoms with Crippen LogP contribution in [0.15, 0.2) is 34.1 Å². The molecule has 0 spiro atoms. The standard InChI is InChI=1S/C17H18N4O3/c1-4-21-15-14(16(23)19-17(21)24)20(9-18-15)8-13(22)12-6-5-10(2)7-11(12)3/h5-7,9H,4,8H2,1-3H3,(H,19,23,24). The van der Waals surface area contributed by atoms with Crippen molar-refractivity contribution in [3.05, 3.63) is 62.1 Å². The van der Waals surface area contributed by atoms with Crippen molar-refractivity contribution in [3.63, 3.8) is 0 Å². The molecule has 2 heterocycles. The number of carbonyl (C=O) groups excluding carboxylic acids is 1. The first-order valence-corrected chi connectivity index (χ1v) is 7.70. The van der Waals surface area contributed by atoms with E-state index >= 15 is 0 Å². The number of H-pyrrole nitrogens is 1. The monoisotopic (exact) mass is 326 g/mol. The molecule has 3 aromatic rings. The molecule has 1 aromatic carbocycles. The lowest BCUT2D eigenvalue weighted by atomic mass is 10.0. The van der Waals surface area contributed by atoms with Gasteiger partial charge < -0.3 is 4.57 Å². The van der Waals surface area contributed by atoms with Gasteiger partial charge in [0.25, 0.3) is 5.56 Å². The predicted molar refractivity (Wildman–Crippen MR) is 90.5 cm³/mol. The van der Waals surface area contributed by atoms with Crippen molar-refractivity contribution in [2.24, 2.45) is 0 Å². The molecular formula is C17H18N4O3. The molecule has 0 radical (unpaired) electrons. The smallest absolute Gasteiger partial charge is 0.317 e. The number of benzene rings is 1. The van der Waals surface area contributed by atoms with Gasteiger partial charge in [-0.05, 0) is 26.3 Å². The van der Waals surface area contributed by atoms with Crippen molar-refractivity contribution >= 4 is 16.9 Å². The van der Waals surface area contributed by atoms with Crippen molar-refractivity contribution in [2.45, 2.75) is 33.9 Å². The van der Waals surface area contributed by atoms with Gasteiger partial charge in [0.05, 0.1) is 12.9 Å². The highest BCUT2D eigenvalue weighted by molar-refractivity contribution is 5.97. The van der Waals surface area contributed by atoms with Crippen LogP contribution in [0.1, 0.15) is 28.4 Å². The number of nitrogens with one attached hydrogen (secondary N) is 1. The molecule has 0 aliphatic rings. The van der Waals surface area contributed by atoms with Crippen LogP contribution in [-0.4, -0.2) is 24.9 Å². The molecule has 124 valence electrons. The van der Waals surface area contributed by atoms with Crippen LogP contribution in [0.2, 0.25) is 0 Å². The Bertz CT molecular complexity index is 1060. The van der Waals surface area contributed by atoms with Crippen LogP contribution in [0.5, 0.6) is 0 Å². The number of hydrogen-bond donors (Lipinski definition) is 1. The summed E-state index contributed by atoms with van der Waals surface area (Å²) in [5, 5.41) is 0. The van der Waals surface area contributed by atoms with Gasteiger partial charge >= 0.3 is 5.69 Å². The van der Waals surface area contributed by atoms with Crippen LogP contribution in [0, 0.1) is 13.8 Å². The maximum Gasteiger partial charge on any atom is 0.330 e. The third-order valence-corrected chi connectivity index (χ3v) is 4.07. The molecule has 0 bridgehead atoms. The molecule has 7 nitrogen and oxygen atoms in total. The second kappa shape index (κ2) is 5.92. The normalized spacial score (nSPS) is 11.1. The van der Waals surface area contributed by atoms with Gasteiger partial charge in [0.1, 0.15) is 0 Å². The Kier molecular flexibility index (Phi) is 3.92. The van der Waals surface area contributed by atoms with Gasteiger partial charge in [-0.1, -0.05) is 23.8 Å². The van der Waals surface area contributed by atoms with Crippen LogP contribution in [0.3, 0.4) is 0 Å². The minimum Gasteiger partial charge on any atom is -0.317 e. The number of fused-ring (bicyclic) bond motifs is 1. The quantitative estimate of drug-likeness (QED) is 0.734. The van der Waals surface area contributed by atoms with E-state index in [0.29, 0.717) is 17.8 Å². The molecule has 2 aromatic heterocycles. The van der Waals surface area contributed by atoms with Gasteiger partial charge in [0.15, 0.2) is 16.9 Å². The molecule has 0 aliphatic heterocycles. The summed E-state index contributed by atoms with van der Waals surface area (Å²) in [7, 11) is 0. The number of rotatable bonds is 4. The van der Waals surface area contributed by atoms with Crippen molar-refractivity contribution in [1.82, 2.24) is 19.1 Å². The minimum absolute atomic E-state index is 0.00853. The Morgan fingerprint density at radius 2 is 2.00 bits per heavy atom. The zero-order valence-corrected chi connectivity index (χ0v) is 13.8. The molecule has 1 N–H and O–H groups in total. The van der Waals surface area contributed by atoms with Crippen molar-refractivity contribution < 1.29 is 4.79 Å². The van der Waals surface area contributed by atoms with Crippen molar-refractivity contribution in [3.8, 4) is 0 Å². The molecule has 0 aliphatic carbocycles. The van der Waals surface area contributed by atoms with Crippen LogP contribution < -0.4 is 11.2 Å². The van der Waals surface area contributed by atoms with Gasteiger partial charge in [0, 0.05) is 12.1 Å². The van der Waals surface area contributed by atoms with E-state index in [4.69, 9.17) is 0 Å². The summed E-state index contributed by atoms with van der Waals surface area (Å²) in [6.45, 7) is 6.01. The Hall–Kier alpha value is -2.96. The van der Waals surface area contributed by atoms with E-state index in [2.05, 4.69) is 9.97 Å². The molecule has 0 saturated carbocycles. The molecule has 0 amide bonds. The number of carbonyl (C=O) groups is 1. The number of aromatic nitrogens is 4. The number of aromatic amines is 1. The van der Waals surface area contributed by atoms with Gasteiger partial charge in [-0.2, -0.15) is 0 Å². The SMILES string of the molecule is CCn1c(=O)[nH]c(=O)c2c1ncn2CC(=O)c1ccc(C)cc1C. The third-order valence-electron chi connectivity index (χ3n) is 4.07. The van der Waals surface area contributed by atoms with Crippen LogP contribution in [-0.2, 0) is 13.1 Å². The second-order valence-electron chi connectivity index (χ2n) is 5.79. The lowest BCUT2D eigenvalue weighted by molar-refractivity contribution is 0.0972. The average Bonchev–Trinajstić information content (AvgIpc) is 2.91. The van der Waals surface area contributed by atoms with Gasteiger partial charge in [0.2, 0.25) is 0 Å². The maximum absolute atomic E-state index is 12.6. The summed E-state index contributed by atoms with van der Waals surface area (Å²) >= 11 is 0. The predicted octanol–water partition coefficient (Wildman–Crippen LogP) is 1.41. The minimum atomic E-state index is -0.536. The summed E-state index contributed by atoms with van der Waals surface area (Å²) in [5.74, 6) is -0.111. The summed E-state index contributed by atoms with van der Waals surface area (Å²) in [4.78, 5) is 43.0. The molecule has 0 saturated heterocycles. The van der Waals surface area contributed by atoms with Crippen LogP contribution >= 0.6 is 0 Å². The van der Waals surface area contributed by atoms with Crippen molar-refractivity contribution in [2.75, 3.05) is 0 Å². The molecule has 0 atom stereocenters.